The number of benzene rings is 1. The smallest absolute Gasteiger partial charge is 0.183 e. The molecule has 1 saturated heterocycles. The highest BCUT2D eigenvalue weighted by atomic mass is 32.2. The first kappa shape index (κ1) is 12.5. The Kier molecular flexibility index (Phi) is 4.15. The van der Waals surface area contributed by atoms with E-state index >= 15 is 0 Å². The molecular weight excluding hydrogens is 238 g/mol. The first-order chi connectivity index (χ1) is 8.18. The Balaban J connectivity index is 1.94. The van der Waals surface area contributed by atoms with Gasteiger partial charge in [-0.1, -0.05) is 18.2 Å². The van der Waals surface area contributed by atoms with E-state index < -0.39 is 9.84 Å². The van der Waals surface area contributed by atoms with E-state index in [9.17, 15) is 8.42 Å². The van der Waals surface area contributed by atoms with Crippen molar-refractivity contribution >= 4 is 9.84 Å². The summed E-state index contributed by atoms with van der Waals surface area (Å²) in [6.45, 7) is 3.96. The lowest BCUT2D eigenvalue weighted by molar-refractivity contribution is -0.905. The van der Waals surface area contributed by atoms with Crippen LogP contribution in [-0.4, -0.2) is 47.0 Å². The first-order valence-corrected chi connectivity index (χ1v) is 7.53. The van der Waals surface area contributed by atoms with Crippen LogP contribution < -0.4 is 4.90 Å². The Morgan fingerprint density at radius 1 is 1.12 bits per heavy atom. The quantitative estimate of drug-likeness (QED) is 0.781. The largest absolute Gasteiger partial charge is 0.370 e. The standard InChI is InChI=1S/C12H17NO3S/c14-17(15,12-4-2-1-3-5-12)11-8-13-6-9-16-10-7-13/h1-5H,6-11H2/p+1. The Hall–Kier alpha value is -0.910. The number of sulfone groups is 1. The van der Waals surface area contributed by atoms with Crippen LogP contribution in [0, 0.1) is 0 Å². The molecule has 0 aromatic heterocycles. The topological polar surface area (TPSA) is 47.8 Å². The predicted octanol–water partition coefficient (Wildman–Crippen LogP) is -0.625. The molecule has 0 radical (unpaired) electrons. The molecule has 0 spiro atoms. The molecule has 1 heterocycles. The first-order valence-electron chi connectivity index (χ1n) is 5.87. The number of morpholine rings is 1. The van der Waals surface area contributed by atoms with Crippen LogP contribution in [-0.2, 0) is 14.6 Å². The lowest BCUT2D eigenvalue weighted by Gasteiger charge is -2.23. The van der Waals surface area contributed by atoms with Crippen molar-refractivity contribution in [3.63, 3.8) is 0 Å². The molecule has 0 bridgehead atoms. The minimum Gasteiger partial charge on any atom is -0.370 e. The van der Waals surface area contributed by atoms with Gasteiger partial charge in [-0.25, -0.2) is 8.42 Å². The average Bonchev–Trinajstić information content (AvgIpc) is 2.39. The number of ether oxygens (including phenoxy) is 1. The van der Waals surface area contributed by atoms with Crippen LogP contribution in [0.25, 0.3) is 0 Å². The second kappa shape index (κ2) is 5.62. The third kappa shape index (κ3) is 3.52. The van der Waals surface area contributed by atoms with E-state index in [1.807, 2.05) is 6.07 Å². The van der Waals surface area contributed by atoms with E-state index in [0.29, 0.717) is 11.4 Å². The highest BCUT2D eigenvalue weighted by molar-refractivity contribution is 7.91. The average molecular weight is 256 g/mol. The van der Waals surface area contributed by atoms with Crippen LogP contribution in [0.15, 0.2) is 35.2 Å². The summed E-state index contributed by atoms with van der Waals surface area (Å²) < 4.78 is 29.3. The predicted molar refractivity (Wildman–Crippen MR) is 64.9 cm³/mol. The van der Waals surface area contributed by atoms with E-state index in [-0.39, 0.29) is 5.75 Å². The van der Waals surface area contributed by atoms with E-state index in [4.69, 9.17) is 4.74 Å². The maximum absolute atomic E-state index is 12.0. The van der Waals surface area contributed by atoms with Gasteiger partial charge in [-0.15, -0.1) is 0 Å². The molecule has 94 valence electrons. The molecule has 1 fully saturated rings. The molecule has 2 rings (SSSR count). The Labute approximate surface area is 102 Å². The number of rotatable bonds is 4. The lowest BCUT2D eigenvalue weighted by Crippen LogP contribution is -3.14. The third-order valence-corrected chi connectivity index (χ3v) is 4.76. The zero-order valence-electron chi connectivity index (χ0n) is 9.76. The van der Waals surface area contributed by atoms with Gasteiger partial charge in [0.1, 0.15) is 18.8 Å². The van der Waals surface area contributed by atoms with Gasteiger partial charge in [0.15, 0.2) is 9.84 Å². The Bertz CT molecular complexity index is 438. The molecule has 0 saturated carbocycles. The number of hydrogen-bond acceptors (Lipinski definition) is 3. The summed E-state index contributed by atoms with van der Waals surface area (Å²) in [6.07, 6.45) is 0. The van der Waals surface area contributed by atoms with Gasteiger partial charge < -0.3 is 9.64 Å². The molecule has 17 heavy (non-hydrogen) atoms. The highest BCUT2D eigenvalue weighted by Gasteiger charge is 2.19. The molecular formula is C12H18NO3S+. The minimum atomic E-state index is -3.12. The van der Waals surface area contributed by atoms with Gasteiger partial charge >= 0.3 is 0 Å². The molecule has 4 nitrogen and oxygen atoms in total. The summed E-state index contributed by atoms with van der Waals surface area (Å²) in [5.74, 6) is 0.215. The zero-order valence-corrected chi connectivity index (χ0v) is 10.6. The van der Waals surface area contributed by atoms with Crippen molar-refractivity contribution in [2.24, 2.45) is 0 Å². The molecule has 1 aliphatic rings. The van der Waals surface area contributed by atoms with Gasteiger partial charge in [0.25, 0.3) is 0 Å². The third-order valence-electron chi connectivity index (χ3n) is 3.03. The fraction of sp³-hybridized carbons (Fsp3) is 0.500. The van der Waals surface area contributed by atoms with Crippen LogP contribution >= 0.6 is 0 Å². The molecule has 0 atom stereocenters. The number of hydrogen-bond donors (Lipinski definition) is 1. The van der Waals surface area contributed by atoms with Crippen molar-refractivity contribution in [1.82, 2.24) is 0 Å². The highest BCUT2D eigenvalue weighted by Crippen LogP contribution is 2.08. The maximum atomic E-state index is 12.0. The van der Waals surface area contributed by atoms with Gasteiger partial charge in [0.2, 0.25) is 0 Å². The molecule has 0 amide bonds. The zero-order chi connectivity index (χ0) is 12.1. The second-order valence-corrected chi connectivity index (χ2v) is 6.35. The van der Waals surface area contributed by atoms with Gasteiger partial charge in [-0.2, -0.15) is 0 Å². The molecule has 1 N–H and O–H groups in total. The van der Waals surface area contributed by atoms with Crippen molar-refractivity contribution in [3.05, 3.63) is 30.3 Å². The van der Waals surface area contributed by atoms with Crippen molar-refractivity contribution in [1.29, 1.82) is 0 Å². The van der Waals surface area contributed by atoms with E-state index in [2.05, 4.69) is 0 Å². The van der Waals surface area contributed by atoms with Crippen LogP contribution in [0.4, 0.5) is 0 Å². The van der Waals surface area contributed by atoms with Gasteiger partial charge in [0.05, 0.1) is 24.7 Å². The summed E-state index contributed by atoms with van der Waals surface area (Å²) in [6, 6.07) is 8.66. The van der Waals surface area contributed by atoms with Crippen LogP contribution in [0.2, 0.25) is 0 Å². The van der Waals surface area contributed by atoms with Crippen LogP contribution in [0.5, 0.6) is 0 Å². The van der Waals surface area contributed by atoms with Gasteiger partial charge in [0, 0.05) is 0 Å². The molecule has 1 aromatic rings. The van der Waals surface area contributed by atoms with Gasteiger partial charge in [-0.05, 0) is 12.1 Å². The van der Waals surface area contributed by atoms with Crippen molar-refractivity contribution in [2.75, 3.05) is 38.6 Å². The van der Waals surface area contributed by atoms with Crippen LogP contribution in [0.3, 0.4) is 0 Å². The summed E-state index contributed by atoms with van der Waals surface area (Å²) in [5, 5.41) is 0. The van der Waals surface area contributed by atoms with E-state index in [1.54, 1.807) is 24.3 Å². The summed E-state index contributed by atoms with van der Waals surface area (Å²) in [4.78, 5) is 1.74. The summed E-state index contributed by atoms with van der Waals surface area (Å²) in [5.41, 5.74) is 0. The number of nitrogens with one attached hydrogen (secondary N) is 1. The lowest BCUT2D eigenvalue weighted by atomic mass is 10.4. The van der Waals surface area contributed by atoms with Crippen molar-refractivity contribution in [2.45, 2.75) is 4.90 Å². The maximum Gasteiger partial charge on any atom is 0.183 e. The normalized spacial score (nSPS) is 18.1. The number of quaternary nitrogens is 1. The fourth-order valence-corrected chi connectivity index (χ4v) is 3.30. The monoisotopic (exact) mass is 256 g/mol. The molecule has 5 heteroatoms. The molecule has 1 aromatic carbocycles. The molecule has 0 aliphatic carbocycles. The van der Waals surface area contributed by atoms with E-state index in [0.717, 1.165) is 26.3 Å². The Morgan fingerprint density at radius 3 is 2.41 bits per heavy atom. The molecule has 0 unspecified atom stereocenters. The van der Waals surface area contributed by atoms with Crippen molar-refractivity contribution in [3.8, 4) is 0 Å². The Morgan fingerprint density at radius 2 is 1.76 bits per heavy atom. The van der Waals surface area contributed by atoms with E-state index in [1.165, 1.54) is 4.90 Å². The van der Waals surface area contributed by atoms with Gasteiger partial charge in [-0.3, -0.25) is 0 Å². The summed E-state index contributed by atoms with van der Waals surface area (Å²) in [7, 11) is -3.12. The summed E-state index contributed by atoms with van der Waals surface area (Å²) >= 11 is 0. The molecule has 1 aliphatic heterocycles. The van der Waals surface area contributed by atoms with Crippen LogP contribution in [0.1, 0.15) is 0 Å². The fourth-order valence-electron chi connectivity index (χ4n) is 1.93. The minimum absolute atomic E-state index is 0.215. The second-order valence-electron chi connectivity index (χ2n) is 4.24. The van der Waals surface area contributed by atoms with Crippen molar-refractivity contribution < 1.29 is 18.1 Å². The SMILES string of the molecule is O=S(=O)(CC[NH+]1CCOCC1)c1ccccc1.